The normalized spacial score (nSPS) is 13.9. The van der Waals surface area contributed by atoms with Crippen LogP contribution in [0.15, 0.2) is 72.9 Å². The van der Waals surface area contributed by atoms with E-state index in [1.54, 1.807) is 0 Å². The highest BCUT2D eigenvalue weighted by molar-refractivity contribution is 5.77. The molecule has 0 bridgehead atoms. The maximum absolute atomic E-state index is 13.2. The van der Waals surface area contributed by atoms with Crippen LogP contribution in [0.1, 0.15) is 239 Å². The van der Waals surface area contributed by atoms with E-state index in [-0.39, 0.29) is 24.9 Å². The zero-order chi connectivity index (χ0) is 44.5. The maximum Gasteiger partial charge on any atom is 0.306 e. The molecule has 3 unspecified atom stereocenters. The summed E-state index contributed by atoms with van der Waals surface area (Å²) in [6.07, 6.45) is 61.0. The molecule has 0 aromatic heterocycles. The van der Waals surface area contributed by atoms with Gasteiger partial charge in [-0.15, -0.1) is 0 Å². The standard InChI is InChI=1S/C55H97NO5/c1-4-7-10-13-16-19-21-23-25-27-29-31-33-36-39-42-45-48-55(60)61-51(46-43-40-37-35-32-30-28-26-24-22-20-17-14-11-8-5-2)49-54(59)56-52(50-57)53(58)47-44-41-38-34-18-15-12-9-6-3/h16,19,22-26,28-32,51-53,57-58H,4-15,17-18,20-21,27,33-50H2,1-3H3,(H,56,59)/b19-16-,24-22+,25-23-,28-26+,31-29-,32-30+. The Labute approximate surface area is 377 Å². The quantitative estimate of drug-likeness (QED) is 0.0245. The molecule has 1 amide bonds. The van der Waals surface area contributed by atoms with E-state index in [0.29, 0.717) is 19.3 Å². The molecule has 6 heteroatoms. The van der Waals surface area contributed by atoms with Crippen molar-refractivity contribution in [3.8, 4) is 0 Å². The zero-order valence-electron chi connectivity index (χ0n) is 40.0. The first-order valence-corrected chi connectivity index (χ1v) is 25.7. The molecule has 0 saturated carbocycles. The number of aliphatic hydroxyl groups is 2. The number of ether oxygens (including phenoxy) is 1. The summed E-state index contributed by atoms with van der Waals surface area (Å²) in [7, 11) is 0. The van der Waals surface area contributed by atoms with Crippen LogP contribution in [-0.4, -0.2) is 46.9 Å². The number of esters is 1. The van der Waals surface area contributed by atoms with Crippen molar-refractivity contribution in [3.63, 3.8) is 0 Å². The number of aliphatic hydroxyl groups excluding tert-OH is 2. The first-order valence-electron chi connectivity index (χ1n) is 25.7. The van der Waals surface area contributed by atoms with E-state index >= 15 is 0 Å². The van der Waals surface area contributed by atoms with Gasteiger partial charge in [-0.05, 0) is 89.9 Å². The lowest BCUT2D eigenvalue weighted by molar-refractivity contribution is -0.151. The molecule has 0 spiro atoms. The van der Waals surface area contributed by atoms with E-state index in [1.165, 1.54) is 96.3 Å². The molecule has 0 saturated heterocycles. The van der Waals surface area contributed by atoms with E-state index < -0.39 is 18.2 Å². The molecule has 352 valence electrons. The van der Waals surface area contributed by atoms with Gasteiger partial charge in [0.15, 0.2) is 0 Å². The number of unbranched alkanes of at least 4 members (excludes halogenated alkanes) is 23. The van der Waals surface area contributed by atoms with Gasteiger partial charge in [-0.2, -0.15) is 0 Å². The summed E-state index contributed by atoms with van der Waals surface area (Å²) in [6, 6.07) is -0.719. The summed E-state index contributed by atoms with van der Waals surface area (Å²) >= 11 is 0. The van der Waals surface area contributed by atoms with Crippen LogP contribution in [0, 0.1) is 0 Å². The van der Waals surface area contributed by atoms with E-state index in [0.717, 1.165) is 96.3 Å². The summed E-state index contributed by atoms with van der Waals surface area (Å²) in [6.45, 7) is 6.40. The minimum Gasteiger partial charge on any atom is -0.462 e. The average molecular weight is 852 g/mol. The number of amides is 1. The predicted octanol–water partition coefficient (Wildman–Crippen LogP) is 15.4. The topological polar surface area (TPSA) is 95.9 Å². The van der Waals surface area contributed by atoms with Crippen molar-refractivity contribution in [2.45, 2.75) is 257 Å². The Bertz CT molecular complexity index is 1140. The van der Waals surface area contributed by atoms with Crippen LogP contribution in [0.3, 0.4) is 0 Å². The number of carbonyl (C=O) groups excluding carboxylic acids is 2. The number of hydrogen-bond donors (Lipinski definition) is 3. The SMILES string of the molecule is CCCCC/C=C\C/C=C\C/C=C\CCCCCCC(=O)OC(CCCCC/C=C/C=C/C=C/CCCCCCC)CC(=O)NC(CO)C(O)CCCCCCCCCCC. The van der Waals surface area contributed by atoms with Gasteiger partial charge in [-0.3, -0.25) is 9.59 Å². The van der Waals surface area contributed by atoms with Gasteiger partial charge in [0.2, 0.25) is 5.91 Å². The maximum atomic E-state index is 13.2. The molecule has 0 aromatic rings. The molecule has 0 heterocycles. The highest BCUT2D eigenvalue weighted by Crippen LogP contribution is 2.17. The molecule has 0 radical (unpaired) electrons. The van der Waals surface area contributed by atoms with Gasteiger partial charge < -0.3 is 20.3 Å². The summed E-state index contributed by atoms with van der Waals surface area (Å²) in [5.41, 5.74) is 0. The van der Waals surface area contributed by atoms with Crippen molar-refractivity contribution in [1.82, 2.24) is 5.32 Å². The Morgan fingerprint density at radius 1 is 0.492 bits per heavy atom. The van der Waals surface area contributed by atoms with Gasteiger partial charge in [0.25, 0.3) is 0 Å². The smallest absolute Gasteiger partial charge is 0.306 e. The largest absolute Gasteiger partial charge is 0.462 e. The van der Waals surface area contributed by atoms with Gasteiger partial charge in [0, 0.05) is 6.42 Å². The molecule has 0 aliphatic rings. The van der Waals surface area contributed by atoms with E-state index in [4.69, 9.17) is 4.74 Å². The number of hydrogen-bond acceptors (Lipinski definition) is 5. The number of nitrogens with one attached hydrogen (secondary N) is 1. The number of rotatable bonds is 45. The molecule has 3 atom stereocenters. The third-order valence-corrected chi connectivity index (χ3v) is 11.3. The summed E-state index contributed by atoms with van der Waals surface area (Å²) in [4.78, 5) is 26.1. The highest BCUT2D eigenvalue weighted by atomic mass is 16.5. The van der Waals surface area contributed by atoms with Gasteiger partial charge >= 0.3 is 5.97 Å². The van der Waals surface area contributed by atoms with Crippen molar-refractivity contribution in [3.05, 3.63) is 72.9 Å². The molecular weight excluding hydrogens is 755 g/mol. The first kappa shape index (κ1) is 58.3. The van der Waals surface area contributed by atoms with Gasteiger partial charge in [0.1, 0.15) is 6.10 Å². The summed E-state index contributed by atoms with van der Waals surface area (Å²) in [5, 5.41) is 23.7. The molecule has 6 nitrogen and oxygen atoms in total. The Hall–Kier alpha value is -2.70. The second kappa shape index (κ2) is 48.3. The van der Waals surface area contributed by atoms with Crippen LogP contribution in [0.25, 0.3) is 0 Å². The fraction of sp³-hybridized carbons (Fsp3) is 0.745. The fourth-order valence-corrected chi connectivity index (χ4v) is 7.38. The second-order valence-corrected chi connectivity index (χ2v) is 17.3. The third-order valence-electron chi connectivity index (χ3n) is 11.3. The molecule has 61 heavy (non-hydrogen) atoms. The lowest BCUT2D eigenvalue weighted by Gasteiger charge is -2.24. The lowest BCUT2D eigenvalue weighted by atomic mass is 10.0. The second-order valence-electron chi connectivity index (χ2n) is 17.3. The van der Waals surface area contributed by atoms with Gasteiger partial charge in [-0.25, -0.2) is 0 Å². The van der Waals surface area contributed by atoms with Crippen molar-refractivity contribution >= 4 is 11.9 Å². The predicted molar refractivity (Wildman–Crippen MR) is 264 cm³/mol. The number of allylic oxidation sites excluding steroid dienone is 12. The van der Waals surface area contributed by atoms with E-state index in [2.05, 4.69) is 99.0 Å². The monoisotopic (exact) mass is 852 g/mol. The van der Waals surface area contributed by atoms with Gasteiger partial charge in [0.05, 0.1) is 25.2 Å². The minimum absolute atomic E-state index is 0.0429. The Morgan fingerprint density at radius 2 is 0.902 bits per heavy atom. The zero-order valence-corrected chi connectivity index (χ0v) is 40.0. The summed E-state index contributed by atoms with van der Waals surface area (Å²) in [5.74, 6) is -0.536. The van der Waals surface area contributed by atoms with Crippen LogP contribution in [0.2, 0.25) is 0 Å². The van der Waals surface area contributed by atoms with Crippen molar-refractivity contribution in [2.24, 2.45) is 0 Å². The van der Waals surface area contributed by atoms with Gasteiger partial charge in [-0.1, -0.05) is 209 Å². The van der Waals surface area contributed by atoms with Crippen molar-refractivity contribution in [2.75, 3.05) is 6.61 Å². The van der Waals surface area contributed by atoms with Crippen molar-refractivity contribution in [1.29, 1.82) is 0 Å². The van der Waals surface area contributed by atoms with Crippen molar-refractivity contribution < 1.29 is 24.5 Å². The van der Waals surface area contributed by atoms with E-state index in [1.807, 2.05) is 0 Å². The Kier molecular flexibility index (Phi) is 46.2. The highest BCUT2D eigenvalue weighted by Gasteiger charge is 2.24. The first-order chi connectivity index (χ1) is 30.0. The van der Waals surface area contributed by atoms with E-state index in [9.17, 15) is 19.8 Å². The number of carbonyl (C=O) groups is 2. The third kappa shape index (κ3) is 43.7. The van der Waals surface area contributed by atoms with Crippen LogP contribution in [0.4, 0.5) is 0 Å². The molecule has 3 N–H and O–H groups in total. The van der Waals surface area contributed by atoms with Crippen LogP contribution >= 0.6 is 0 Å². The van der Waals surface area contributed by atoms with Crippen LogP contribution in [0.5, 0.6) is 0 Å². The fourth-order valence-electron chi connectivity index (χ4n) is 7.38. The molecule has 0 aliphatic heterocycles. The molecular formula is C55H97NO5. The molecule has 0 fully saturated rings. The van der Waals surface area contributed by atoms with Crippen LogP contribution in [-0.2, 0) is 14.3 Å². The summed E-state index contributed by atoms with van der Waals surface area (Å²) < 4.78 is 5.91. The van der Waals surface area contributed by atoms with Crippen LogP contribution < -0.4 is 5.32 Å². The lowest BCUT2D eigenvalue weighted by Crippen LogP contribution is -2.46. The average Bonchev–Trinajstić information content (AvgIpc) is 3.25. The Morgan fingerprint density at radius 3 is 1.44 bits per heavy atom. The minimum atomic E-state index is -0.802. The molecule has 0 rings (SSSR count). The molecule has 0 aliphatic carbocycles. The Balaban J connectivity index is 4.70. The molecule has 0 aromatic carbocycles.